The Bertz CT molecular complexity index is 287. The number of nitrogens with zero attached hydrogens (tertiary/aromatic N) is 1. The zero-order valence-corrected chi connectivity index (χ0v) is 13.5. The third-order valence-electron chi connectivity index (χ3n) is 3.04. The lowest BCUT2D eigenvalue weighted by Crippen LogP contribution is -2.29. The molecule has 1 aromatic carbocycles. The van der Waals surface area contributed by atoms with Gasteiger partial charge in [-0.3, -0.25) is 0 Å². The Hall–Kier alpha value is -1.02. The SMILES string of the molecule is CC.CC.CNCc1ccc(N2CCCCC2)cc1. The number of hydrogen-bond acceptors (Lipinski definition) is 2. The number of rotatable bonds is 3. The molecule has 0 aromatic heterocycles. The van der Waals surface area contributed by atoms with Crippen molar-refractivity contribution >= 4 is 5.69 Å². The lowest BCUT2D eigenvalue weighted by molar-refractivity contribution is 0.578. The summed E-state index contributed by atoms with van der Waals surface area (Å²) in [5.74, 6) is 0. The first kappa shape index (κ1) is 18.0. The molecule has 1 heterocycles. The lowest BCUT2D eigenvalue weighted by atomic mass is 10.1. The van der Waals surface area contributed by atoms with Crippen LogP contribution >= 0.6 is 0 Å². The molecular formula is C17H32N2. The van der Waals surface area contributed by atoms with E-state index >= 15 is 0 Å². The third kappa shape index (κ3) is 6.63. The summed E-state index contributed by atoms with van der Waals surface area (Å²) in [7, 11) is 1.98. The highest BCUT2D eigenvalue weighted by molar-refractivity contribution is 5.47. The molecule has 0 atom stereocenters. The molecule has 0 amide bonds. The maximum Gasteiger partial charge on any atom is 0.0366 e. The van der Waals surface area contributed by atoms with Crippen LogP contribution in [0.2, 0.25) is 0 Å². The predicted molar refractivity (Wildman–Crippen MR) is 88.0 cm³/mol. The Balaban J connectivity index is 0.000000741. The third-order valence-corrected chi connectivity index (χ3v) is 3.04. The van der Waals surface area contributed by atoms with Crippen LogP contribution in [0.15, 0.2) is 24.3 Å². The molecule has 0 radical (unpaired) electrons. The maximum absolute atomic E-state index is 3.17. The van der Waals surface area contributed by atoms with Gasteiger partial charge in [0.1, 0.15) is 0 Å². The van der Waals surface area contributed by atoms with Crippen molar-refractivity contribution in [1.82, 2.24) is 5.32 Å². The van der Waals surface area contributed by atoms with Gasteiger partial charge in [-0.1, -0.05) is 39.8 Å². The largest absolute Gasteiger partial charge is 0.372 e. The van der Waals surface area contributed by atoms with Crippen molar-refractivity contribution in [2.45, 2.75) is 53.5 Å². The molecule has 0 unspecified atom stereocenters. The van der Waals surface area contributed by atoms with Crippen molar-refractivity contribution < 1.29 is 0 Å². The molecule has 1 saturated heterocycles. The first-order valence-corrected chi connectivity index (χ1v) is 7.88. The molecule has 1 fully saturated rings. The van der Waals surface area contributed by atoms with Gasteiger partial charge < -0.3 is 10.2 Å². The van der Waals surface area contributed by atoms with Crippen LogP contribution in [0.25, 0.3) is 0 Å². The molecule has 0 bridgehead atoms. The van der Waals surface area contributed by atoms with Gasteiger partial charge in [0.25, 0.3) is 0 Å². The van der Waals surface area contributed by atoms with Crippen molar-refractivity contribution in [2.75, 3.05) is 25.0 Å². The topological polar surface area (TPSA) is 15.3 Å². The second-order valence-corrected chi connectivity index (χ2v) is 4.24. The van der Waals surface area contributed by atoms with Gasteiger partial charge in [0.05, 0.1) is 0 Å². The summed E-state index contributed by atoms with van der Waals surface area (Å²) >= 11 is 0. The second-order valence-electron chi connectivity index (χ2n) is 4.24. The fourth-order valence-corrected chi connectivity index (χ4v) is 2.18. The van der Waals surface area contributed by atoms with E-state index in [1.54, 1.807) is 0 Å². The maximum atomic E-state index is 3.17. The first-order valence-electron chi connectivity index (χ1n) is 7.88. The molecule has 0 spiro atoms. The average molecular weight is 264 g/mol. The predicted octanol–water partition coefficient (Wildman–Crippen LogP) is 4.45. The van der Waals surface area contributed by atoms with Gasteiger partial charge >= 0.3 is 0 Å². The quantitative estimate of drug-likeness (QED) is 0.867. The van der Waals surface area contributed by atoms with Gasteiger partial charge in [-0.2, -0.15) is 0 Å². The Morgan fingerprint density at radius 3 is 1.89 bits per heavy atom. The summed E-state index contributed by atoms with van der Waals surface area (Å²) < 4.78 is 0. The van der Waals surface area contributed by atoms with Gasteiger partial charge in [0.2, 0.25) is 0 Å². The van der Waals surface area contributed by atoms with Crippen LogP contribution in [-0.4, -0.2) is 20.1 Å². The van der Waals surface area contributed by atoms with E-state index in [-0.39, 0.29) is 0 Å². The van der Waals surface area contributed by atoms with Crippen LogP contribution < -0.4 is 10.2 Å². The highest BCUT2D eigenvalue weighted by Crippen LogP contribution is 2.19. The molecular weight excluding hydrogens is 232 g/mol. The molecule has 19 heavy (non-hydrogen) atoms. The van der Waals surface area contributed by atoms with Crippen LogP contribution in [-0.2, 0) is 6.54 Å². The summed E-state index contributed by atoms with van der Waals surface area (Å²) in [5.41, 5.74) is 2.74. The van der Waals surface area contributed by atoms with E-state index in [9.17, 15) is 0 Å². The zero-order valence-electron chi connectivity index (χ0n) is 13.5. The standard InChI is InChI=1S/C13H20N2.2C2H6/c1-14-11-12-5-7-13(8-6-12)15-9-3-2-4-10-15;2*1-2/h5-8,14H,2-4,9-11H2,1H3;2*1-2H3. The van der Waals surface area contributed by atoms with Crippen LogP contribution in [0.4, 0.5) is 5.69 Å². The molecule has 1 aliphatic rings. The normalized spacial score (nSPS) is 13.8. The molecule has 1 N–H and O–H groups in total. The van der Waals surface area contributed by atoms with Crippen molar-refractivity contribution in [3.05, 3.63) is 29.8 Å². The molecule has 1 aromatic rings. The van der Waals surface area contributed by atoms with Gasteiger partial charge in [0, 0.05) is 25.3 Å². The van der Waals surface area contributed by atoms with Crippen LogP contribution in [0.5, 0.6) is 0 Å². The fraction of sp³-hybridized carbons (Fsp3) is 0.647. The summed E-state index contributed by atoms with van der Waals surface area (Å²) in [6, 6.07) is 8.94. The van der Waals surface area contributed by atoms with E-state index in [0.717, 1.165) is 6.54 Å². The van der Waals surface area contributed by atoms with Crippen LogP contribution in [0, 0.1) is 0 Å². The Kier molecular flexibility index (Phi) is 11.4. The van der Waals surface area contributed by atoms with E-state index in [2.05, 4.69) is 34.5 Å². The first-order chi connectivity index (χ1) is 9.40. The average Bonchev–Trinajstić information content (AvgIpc) is 2.53. The van der Waals surface area contributed by atoms with Crippen molar-refractivity contribution in [1.29, 1.82) is 0 Å². The number of hydrogen-bond donors (Lipinski definition) is 1. The smallest absolute Gasteiger partial charge is 0.0366 e. The van der Waals surface area contributed by atoms with Crippen molar-refractivity contribution in [3.8, 4) is 0 Å². The lowest BCUT2D eigenvalue weighted by Gasteiger charge is -2.28. The highest BCUT2D eigenvalue weighted by Gasteiger charge is 2.09. The second kappa shape index (κ2) is 12.0. The van der Waals surface area contributed by atoms with Gasteiger partial charge in [0.15, 0.2) is 0 Å². The van der Waals surface area contributed by atoms with E-state index in [1.165, 1.54) is 43.6 Å². The van der Waals surface area contributed by atoms with Crippen LogP contribution in [0.3, 0.4) is 0 Å². The minimum atomic E-state index is 0.959. The van der Waals surface area contributed by atoms with E-state index < -0.39 is 0 Å². The van der Waals surface area contributed by atoms with Crippen LogP contribution in [0.1, 0.15) is 52.5 Å². The molecule has 0 aliphatic carbocycles. The molecule has 1 aliphatic heterocycles. The summed E-state index contributed by atoms with van der Waals surface area (Å²) in [5, 5.41) is 3.17. The molecule has 0 saturated carbocycles. The zero-order chi connectivity index (χ0) is 14.5. The monoisotopic (exact) mass is 264 g/mol. The van der Waals surface area contributed by atoms with Gasteiger partial charge in [-0.25, -0.2) is 0 Å². The van der Waals surface area contributed by atoms with E-state index in [1.807, 2.05) is 34.7 Å². The molecule has 2 heteroatoms. The molecule has 2 rings (SSSR count). The van der Waals surface area contributed by atoms with E-state index in [4.69, 9.17) is 0 Å². The summed E-state index contributed by atoms with van der Waals surface area (Å²) in [6.45, 7) is 11.4. The number of benzene rings is 1. The minimum absolute atomic E-state index is 0.959. The fourth-order valence-electron chi connectivity index (χ4n) is 2.18. The van der Waals surface area contributed by atoms with Crippen molar-refractivity contribution in [2.24, 2.45) is 0 Å². The van der Waals surface area contributed by atoms with Crippen molar-refractivity contribution in [3.63, 3.8) is 0 Å². The van der Waals surface area contributed by atoms with Gasteiger partial charge in [-0.05, 0) is 44.0 Å². The molecule has 110 valence electrons. The molecule has 2 nitrogen and oxygen atoms in total. The minimum Gasteiger partial charge on any atom is -0.372 e. The Labute approximate surface area is 120 Å². The van der Waals surface area contributed by atoms with Gasteiger partial charge in [-0.15, -0.1) is 0 Å². The summed E-state index contributed by atoms with van der Waals surface area (Å²) in [6.07, 6.45) is 4.09. The number of anilines is 1. The van der Waals surface area contributed by atoms with E-state index in [0.29, 0.717) is 0 Å². The Morgan fingerprint density at radius 1 is 0.895 bits per heavy atom. The Morgan fingerprint density at radius 2 is 1.42 bits per heavy atom. The number of nitrogens with one attached hydrogen (secondary N) is 1. The summed E-state index contributed by atoms with van der Waals surface area (Å²) in [4.78, 5) is 2.49. The number of piperidine rings is 1. The highest BCUT2D eigenvalue weighted by atomic mass is 15.1.